The first-order chi connectivity index (χ1) is 12.1. The Labute approximate surface area is 144 Å². The molecule has 4 rings (SSSR count). The predicted octanol–water partition coefficient (Wildman–Crippen LogP) is 2.77. The minimum Gasteiger partial charge on any atom is -0.480 e. The Morgan fingerprint density at radius 3 is 2.12 bits per heavy atom. The third-order valence-electron chi connectivity index (χ3n) is 4.77. The number of hydrogen-bond acceptors (Lipinski definition) is 3. The lowest BCUT2D eigenvalue weighted by molar-refractivity contribution is -0.141. The summed E-state index contributed by atoms with van der Waals surface area (Å²) in [5, 5.41) is 9.68. The van der Waals surface area contributed by atoms with Crippen LogP contribution in [0.15, 0.2) is 54.6 Å². The van der Waals surface area contributed by atoms with E-state index in [1.54, 1.807) is 24.3 Å². The average Bonchev–Trinajstić information content (AvgIpc) is 3.13. The van der Waals surface area contributed by atoms with Crippen LogP contribution in [0.2, 0.25) is 0 Å². The van der Waals surface area contributed by atoms with E-state index in [1.807, 2.05) is 30.3 Å². The number of carbonyl (C=O) groups is 3. The number of carboxylic acid groups (broad SMARTS) is 1. The molecular formula is C20H15NO4. The van der Waals surface area contributed by atoms with Crippen molar-refractivity contribution in [3.05, 3.63) is 76.9 Å². The maximum Gasteiger partial charge on any atom is 0.327 e. The highest BCUT2D eigenvalue weighted by Gasteiger charge is 2.43. The second-order valence-corrected chi connectivity index (χ2v) is 6.17. The first-order valence-corrected chi connectivity index (χ1v) is 8.05. The van der Waals surface area contributed by atoms with Gasteiger partial charge in [0.15, 0.2) is 0 Å². The van der Waals surface area contributed by atoms with Crippen molar-refractivity contribution >= 4 is 23.4 Å². The first-order valence-electron chi connectivity index (χ1n) is 8.05. The van der Waals surface area contributed by atoms with Gasteiger partial charge in [0.2, 0.25) is 0 Å². The van der Waals surface area contributed by atoms with Crippen LogP contribution in [0.4, 0.5) is 0 Å². The fourth-order valence-corrected chi connectivity index (χ4v) is 3.54. The van der Waals surface area contributed by atoms with Gasteiger partial charge in [-0.1, -0.05) is 42.5 Å². The van der Waals surface area contributed by atoms with Crippen LogP contribution in [0.5, 0.6) is 0 Å². The molecule has 2 aliphatic rings. The van der Waals surface area contributed by atoms with Crippen molar-refractivity contribution in [1.82, 2.24) is 4.90 Å². The molecule has 0 fully saturated rings. The number of imide groups is 1. The first kappa shape index (κ1) is 15.3. The lowest BCUT2D eigenvalue weighted by Crippen LogP contribution is -2.44. The van der Waals surface area contributed by atoms with E-state index >= 15 is 0 Å². The standard InChI is InChI=1S/C20H15NO4/c22-18-15-7-3-4-8-16(15)19(23)21(18)17(20(24)25)11-13-10-9-12-5-1-2-6-14(12)13/h1-8,10,17H,9,11H2,(H,24,25)/t17-/m1/s1. The van der Waals surface area contributed by atoms with Crippen LogP contribution in [-0.4, -0.2) is 33.8 Å². The smallest absolute Gasteiger partial charge is 0.327 e. The Morgan fingerprint density at radius 1 is 0.960 bits per heavy atom. The van der Waals surface area contributed by atoms with Crippen LogP contribution in [0.1, 0.15) is 38.3 Å². The van der Waals surface area contributed by atoms with Crippen molar-refractivity contribution in [2.75, 3.05) is 0 Å². The maximum absolute atomic E-state index is 12.6. The molecule has 2 amide bonds. The summed E-state index contributed by atoms with van der Waals surface area (Å²) in [6.45, 7) is 0. The lowest BCUT2D eigenvalue weighted by Gasteiger charge is -2.23. The number of aliphatic carboxylic acids is 1. The molecule has 0 radical (unpaired) electrons. The van der Waals surface area contributed by atoms with Crippen molar-refractivity contribution in [3.63, 3.8) is 0 Å². The Bertz CT molecular complexity index is 909. The van der Waals surface area contributed by atoms with Gasteiger partial charge in [-0.25, -0.2) is 4.79 Å². The van der Waals surface area contributed by atoms with E-state index in [9.17, 15) is 19.5 Å². The molecule has 1 atom stereocenters. The Hall–Kier alpha value is -3.21. The van der Waals surface area contributed by atoms with E-state index in [0.717, 1.165) is 28.0 Å². The van der Waals surface area contributed by atoms with Gasteiger partial charge in [0.1, 0.15) is 6.04 Å². The number of amides is 2. The van der Waals surface area contributed by atoms with E-state index in [4.69, 9.17) is 0 Å². The lowest BCUT2D eigenvalue weighted by atomic mass is 9.99. The fourth-order valence-electron chi connectivity index (χ4n) is 3.54. The molecule has 0 spiro atoms. The molecule has 5 nitrogen and oxygen atoms in total. The molecule has 25 heavy (non-hydrogen) atoms. The minimum atomic E-state index is -1.22. The van der Waals surface area contributed by atoms with Gasteiger partial charge >= 0.3 is 5.97 Å². The average molecular weight is 333 g/mol. The van der Waals surface area contributed by atoms with Crippen molar-refractivity contribution < 1.29 is 19.5 Å². The van der Waals surface area contributed by atoms with Gasteiger partial charge in [0, 0.05) is 6.42 Å². The summed E-state index contributed by atoms with van der Waals surface area (Å²) in [6, 6.07) is 13.0. The highest BCUT2D eigenvalue weighted by Crippen LogP contribution is 2.34. The molecule has 1 N–H and O–H groups in total. The molecule has 0 bridgehead atoms. The third-order valence-corrected chi connectivity index (χ3v) is 4.77. The van der Waals surface area contributed by atoms with E-state index in [1.165, 1.54) is 0 Å². The van der Waals surface area contributed by atoms with E-state index in [2.05, 4.69) is 0 Å². The Morgan fingerprint density at radius 2 is 1.52 bits per heavy atom. The van der Waals surface area contributed by atoms with Crippen molar-refractivity contribution in [2.45, 2.75) is 18.9 Å². The van der Waals surface area contributed by atoms with Crippen molar-refractivity contribution in [1.29, 1.82) is 0 Å². The zero-order valence-corrected chi connectivity index (χ0v) is 13.3. The summed E-state index contributed by atoms with van der Waals surface area (Å²) >= 11 is 0. The normalized spacial score (nSPS) is 16.5. The van der Waals surface area contributed by atoms with Gasteiger partial charge in [-0.05, 0) is 35.3 Å². The van der Waals surface area contributed by atoms with Crippen molar-refractivity contribution in [3.8, 4) is 0 Å². The molecule has 0 unspecified atom stereocenters. The zero-order valence-electron chi connectivity index (χ0n) is 13.3. The SMILES string of the molecule is O=C(O)[C@@H](CC1=CCc2ccccc21)N1C(=O)c2ccccc2C1=O. The molecule has 1 heterocycles. The number of nitrogens with zero attached hydrogens (tertiary/aromatic N) is 1. The third kappa shape index (κ3) is 2.36. The molecule has 5 heteroatoms. The molecule has 0 saturated heterocycles. The van der Waals surface area contributed by atoms with E-state index in [0.29, 0.717) is 0 Å². The second kappa shape index (κ2) is 5.70. The van der Waals surface area contributed by atoms with Crippen LogP contribution < -0.4 is 0 Å². The Balaban J connectivity index is 1.67. The fraction of sp³-hybridized carbons (Fsp3) is 0.150. The minimum absolute atomic E-state index is 0.109. The summed E-state index contributed by atoms with van der Waals surface area (Å²) in [4.78, 5) is 37.9. The summed E-state index contributed by atoms with van der Waals surface area (Å²) in [7, 11) is 0. The largest absolute Gasteiger partial charge is 0.480 e. The van der Waals surface area contributed by atoms with E-state index < -0.39 is 23.8 Å². The summed E-state index contributed by atoms with van der Waals surface area (Å²) in [5.74, 6) is -2.26. The number of benzene rings is 2. The highest BCUT2D eigenvalue weighted by molar-refractivity contribution is 6.22. The molecule has 2 aromatic carbocycles. The number of carbonyl (C=O) groups excluding carboxylic acids is 2. The van der Waals surface area contributed by atoms with Gasteiger partial charge in [-0.2, -0.15) is 0 Å². The topological polar surface area (TPSA) is 74.7 Å². The number of carboxylic acids is 1. The monoisotopic (exact) mass is 333 g/mol. The molecule has 124 valence electrons. The molecule has 1 aliphatic carbocycles. The number of hydrogen-bond donors (Lipinski definition) is 1. The Kier molecular flexibility index (Phi) is 3.50. The quantitative estimate of drug-likeness (QED) is 0.873. The van der Waals surface area contributed by atoms with E-state index in [-0.39, 0.29) is 17.5 Å². The summed E-state index contributed by atoms with van der Waals surface area (Å²) in [5.41, 5.74) is 3.51. The van der Waals surface area contributed by atoms with Gasteiger partial charge in [-0.15, -0.1) is 0 Å². The summed E-state index contributed by atoms with van der Waals surface area (Å²) < 4.78 is 0. The molecular weight excluding hydrogens is 318 g/mol. The number of rotatable bonds is 4. The molecule has 0 aromatic heterocycles. The molecule has 2 aromatic rings. The van der Waals surface area contributed by atoms with Crippen LogP contribution >= 0.6 is 0 Å². The zero-order chi connectivity index (χ0) is 17.6. The van der Waals surface area contributed by atoms with Gasteiger partial charge < -0.3 is 5.11 Å². The molecule has 0 saturated carbocycles. The van der Waals surface area contributed by atoms with Crippen molar-refractivity contribution in [2.24, 2.45) is 0 Å². The van der Waals surface area contributed by atoms with Gasteiger partial charge in [-0.3, -0.25) is 14.5 Å². The second-order valence-electron chi connectivity index (χ2n) is 6.17. The van der Waals surface area contributed by atoms with Gasteiger partial charge in [0.25, 0.3) is 11.8 Å². The molecule has 1 aliphatic heterocycles. The van der Waals surface area contributed by atoms with Crippen LogP contribution in [-0.2, 0) is 11.2 Å². The van der Waals surface area contributed by atoms with Gasteiger partial charge in [0.05, 0.1) is 11.1 Å². The predicted molar refractivity (Wildman–Crippen MR) is 91.1 cm³/mol. The highest BCUT2D eigenvalue weighted by atomic mass is 16.4. The maximum atomic E-state index is 12.6. The summed E-state index contributed by atoms with van der Waals surface area (Å²) in [6.07, 6.45) is 2.82. The van der Waals surface area contributed by atoms with Crippen LogP contribution in [0, 0.1) is 0 Å². The number of allylic oxidation sites excluding steroid dienone is 1. The number of fused-ring (bicyclic) bond motifs is 2. The van der Waals surface area contributed by atoms with Crippen LogP contribution in [0.3, 0.4) is 0 Å². The van der Waals surface area contributed by atoms with Crippen LogP contribution in [0.25, 0.3) is 5.57 Å².